The van der Waals surface area contributed by atoms with Crippen LogP contribution in [0.1, 0.15) is 52.4 Å². The van der Waals surface area contributed by atoms with Crippen LogP contribution in [-0.2, 0) is 9.53 Å². The number of methoxy groups -OCH3 is 1. The summed E-state index contributed by atoms with van der Waals surface area (Å²) in [7, 11) is 1.67. The normalized spacial score (nSPS) is 18.8. The second kappa shape index (κ2) is 4.92. The fourth-order valence-electron chi connectivity index (χ4n) is 2.16. The molecule has 1 aliphatic carbocycles. The number of ketones is 1. The van der Waals surface area contributed by atoms with Crippen LogP contribution >= 0.6 is 0 Å². The maximum Gasteiger partial charge on any atom is 0.136 e. The topological polar surface area (TPSA) is 26.3 Å². The Balaban J connectivity index is 2.27. The van der Waals surface area contributed by atoms with Gasteiger partial charge in [-0.1, -0.05) is 25.7 Å². The van der Waals surface area contributed by atoms with Crippen molar-refractivity contribution in [3.63, 3.8) is 0 Å². The minimum Gasteiger partial charge on any atom is -0.378 e. The summed E-state index contributed by atoms with van der Waals surface area (Å²) in [6.45, 7) is 3.94. The van der Waals surface area contributed by atoms with Crippen LogP contribution in [0.15, 0.2) is 0 Å². The zero-order chi connectivity index (χ0) is 10.6. The zero-order valence-corrected chi connectivity index (χ0v) is 9.64. The molecule has 0 amide bonds. The predicted octanol–water partition coefficient (Wildman–Crippen LogP) is 2.95. The first-order valence-electron chi connectivity index (χ1n) is 5.60. The van der Waals surface area contributed by atoms with Gasteiger partial charge in [0.15, 0.2) is 0 Å². The lowest BCUT2D eigenvalue weighted by Gasteiger charge is -2.22. The SMILES string of the molecule is COC(C)(C)CC(=O)CC1CCCC1. The molecule has 82 valence electrons. The first-order chi connectivity index (χ1) is 6.53. The van der Waals surface area contributed by atoms with E-state index in [2.05, 4.69) is 0 Å². The molecule has 0 N–H and O–H groups in total. The number of rotatable bonds is 5. The highest BCUT2D eigenvalue weighted by molar-refractivity contribution is 5.79. The molecule has 0 aromatic rings. The van der Waals surface area contributed by atoms with Crippen molar-refractivity contribution in [2.75, 3.05) is 7.11 Å². The smallest absolute Gasteiger partial charge is 0.136 e. The lowest BCUT2D eigenvalue weighted by atomic mass is 9.94. The molecule has 0 unspecified atom stereocenters. The summed E-state index contributed by atoms with van der Waals surface area (Å²) in [5, 5.41) is 0. The van der Waals surface area contributed by atoms with Crippen molar-refractivity contribution in [2.45, 2.75) is 58.0 Å². The first-order valence-corrected chi connectivity index (χ1v) is 5.60. The molecule has 2 nitrogen and oxygen atoms in total. The molecule has 1 aliphatic rings. The van der Waals surface area contributed by atoms with E-state index in [1.807, 2.05) is 13.8 Å². The maximum absolute atomic E-state index is 11.7. The molecule has 1 saturated carbocycles. The highest BCUT2D eigenvalue weighted by atomic mass is 16.5. The van der Waals surface area contributed by atoms with Crippen molar-refractivity contribution < 1.29 is 9.53 Å². The molecule has 0 aromatic carbocycles. The molecule has 1 fully saturated rings. The molecule has 0 atom stereocenters. The van der Waals surface area contributed by atoms with Gasteiger partial charge in [-0.3, -0.25) is 4.79 Å². The third kappa shape index (κ3) is 3.79. The van der Waals surface area contributed by atoms with Gasteiger partial charge in [0.05, 0.1) is 5.60 Å². The number of Topliss-reactive ketones (excluding diaryl/α,β-unsaturated/α-hetero) is 1. The Morgan fingerprint density at radius 2 is 1.93 bits per heavy atom. The van der Waals surface area contributed by atoms with Crippen LogP contribution in [0.5, 0.6) is 0 Å². The number of carbonyl (C=O) groups excluding carboxylic acids is 1. The van der Waals surface area contributed by atoms with Crippen LogP contribution in [0, 0.1) is 5.92 Å². The molecular formula is C12H22O2. The maximum atomic E-state index is 11.7. The van der Waals surface area contributed by atoms with E-state index >= 15 is 0 Å². The van der Waals surface area contributed by atoms with Gasteiger partial charge in [-0.15, -0.1) is 0 Å². The first kappa shape index (κ1) is 11.7. The summed E-state index contributed by atoms with van der Waals surface area (Å²) in [5.41, 5.74) is -0.282. The van der Waals surface area contributed by atoms with E-state index in [1.54, 1.807) is 7.11 Å². The Morgan fingerprint density at radius 3 is 2.43 bits per heavy atom. The van der Waals surface area contributed by atoms with Gasteiger partial charge in [0, 0.05) is 20.0 Å². The van der Waals surface area contributed by atoms with Crippen molar-refractivity contribution >= 4 is 5.78 Å². The molecule has 0 heterocycles. The molecule has 0 radical (unpaired) electrons. The van der Waals surface area contributed by atoms with E-state index in [0.717, 1.165) is 6.42 Å². The summed E-state index contributed by atoms with van der Waals surface area (Å²) in [4.78, 5) is 11.7. The largest absolute Gasteiger partial charge is 0.378 e. The fourth-order valence-corrected chi connectivity index (χ4v) is 2.16. The van der Waals surface area contributed by atoms with Crippen LogP contribution in [0.25, 0.3) is 0 Å². The lowest BCUT2D eigenvalue weighted by Crippen LogP contribution is -2.27. The van der Waals surface area contributed by atoms with E-state index in [-0.39, 0.29) is 5.60 Å². The molecule has 0 saturated heterocycles. The zero-order valence-electron chi connectivity index (χ0n) is 9.64. The third-order valence-electron chi connectivity index (χ3n) is 3.17. The Labute approximate surface area is 87.0 Å². The van der Waals surface area contributed by atoms with Crippen molar-refractivity contribution in [3.8, 4) is 0 Å². The highest BCUT2D eigenvalue weighted by Gasteiger charge is 2.24. The van der Waals surface area contributed by atoms with Gasteiger partial charge >= 0.3 is 0 Å². The predicted molar refractivity (Wildman–Crippen MR) is 57.3 cm³/mol. The summed E-state index contributed by atoms with van der Waals surface area (Å²) >= 11 is 0. The van der Waals surface area contributed by atoms with Gasteiger partial charge in [-0.2, -0.15) is 0 Å². The molecular weight excluding hydrogens is 176 g/mol. The molecule has 1 rings (SSSR count). The molecule has 2 heteroatoms. The molecule has 0 bridgehead atoms. The monoisotopic (exact) mass is 198 g/mol. The molecule has 0 aromatic heterocycles. The average Bonchev–Trinajstić information content (AvgIpc) is 2.55. The minimum atomic E-state index is -0.282. The quantitative estimate of drug-likeness (QED) is 0.679. The number of carbonyl (C=O) groups is 1. The van der Waals surface area contributed by atoms with Gasteiger partial charge in [0.25, 0.3) is 0 Å². The number of ether oxygens (including phenoxy) is 1. The van der Waals surface area contributed by atoms with Gasteiger partial charge in [-0.25, -0.2) is 0 Å². The third-order valence-corrected chi connectivity index (χ3v) is 3.17. The molecule has 14 heavy (non-hydrogen) atoms. The second-order valence-corrected chi connectivity index (χ2v) is 5.03. The van der Waals surface area contributed by atoms with E-state index in [1.165, 1.54) is 25.7 Å². The van der Waals surface area contributed by atoms with Crippen LogP contribution in [0.4, 0.5) is 0 Å². The van der Waals surface area contributed by atoms with Gasteiger partial charge in [-0.05, 0) is 19.8 Å². The van der Waals surface area contributed by atoms with Crippen molar-refractivity contribution in [2.24, 2.45) is 5.92 Å². The Hall–Kier alpha value is -0.370. The second-order valence-electron chi connectivity index (χ2n) is 5.03. The summed E-state index contributed by atoms with van der Waals surface area (Å²) in [6, 6.07) is 0. The summed E-state index contributed by atoms with van der Waals surface area (Å²) < 4.78 is 5.25. The van der Waals surface area contributed by atoms with E-state index in [4.69, 9.17) is 4.74 Å². The molecule has 0 aliphatic heterocycles. The lowest BCUT2D eigenvalue weighted by molar-refractivity contribution is -0.124. The van der Waals surface area contributed by atoms with Crippen LogP contribution in [0.2, 0.25) is 0 Å². The summed E-state index contributed by atoms with van der Waals surface area (Å²) in [6.07, 6.45) is 6.45. The average molecular weight is 198 g/mol. The Bertz CT molecular complexity index is 190. The van der Waals surface area contributed by atoms with E-state index in [0.29, 0.717) is 18.1 Å². The fraction of sp³-hybridized carbons (Fsp3) is 0.917. The van der Waals surface area contributed by atoms with Gasteiger partial charge < -0.3 is 4.74 Å². The van der Waals surface area contributed by atoms with Gasteiger partial charge in [0.2, 0.25) is 0 Å². The molecule has 0 spiro atoms. The van der Waals surface area contributed by atoms with Crippen LogP contribution in [0.3, 0.4) is 0 Å². The summed E-state index contributed by atoms with van der Waals surface area (Å²) in [5.74, 6) is 1.03. The number of hydrogen-bond donors (Lipinski definition) is 0. The van der Waals surface area contributed by atoms with E-state index in [9.17, 15) is 4.79 Å². The minimum absolute atomic E-state index is 0.282. The Kier molecular flexibility index (Phi) is 4.11. The van der Waals surface area contributed by atoms with Crippen LogP contribution < -0.4 is 0 Å². The highest BCUT2D eigenvalue weighted by Crippen LogP contribution is 2.29. The van der Waals surface area contributed by atoms with Gasteiger partial charge in [0.1, 0.15) is 5.78 Å². The Morgan fingerprint density at radius 1 is 1.36 bits per heavy atom. The standard InChI is InChI=1S/C12H22O2/c1-12(2,14-3)9-11(13)8-10-6-4-5-7-10/h10H,4-9H2,1-3H3. The number of hydrogen-bond acceptors (Lipinski definition) is 2. The van der Waals surface area contributed by atoms with E-state index < -0.39 is 0 Å². The van der Waals surface area contributed by atoms with Crippen molar-refractivity contribution in [1.82, 2.24) is 0 Å². The van der Waals surface area contributed by atoms with Crippen LogP contribution in [-0.4, -0.2) is 18.5 Å². The van der Waals surface area contributed by atoms with Crippen molar-refractivity contribution in [3.05, 3.63) is 0 Å². The van der Waals surface area contributed by atoms with Crippen molar-refractivity contribution in [1.29, 1.82) is 0 Å².